The van der Waals surface area contributed by atoms with Crippen LogP contribution in [0.15, 0.2) is 49.8 Å². The van der Waals surface area contributed by atoms with Gasteiger partial charge in [0.1, 0.15) is 11.8 Å². The van der Waals surface area contributed by atoms with Crippen LogP contribution in [-0.4, -0.2) is 44.8 Å². The number of hydrogen-bond acceptors (Lipinski definition) is 8. The largest absolute Gasteiger partial charge is 0.467 e. The molecule has 0 unspecified atom stereocenters. The summed E-state index contributed by atoms with van der Waals surface area (Å²) in [5, 5.41) is 16.4. The van der Waals surface area contributed by atoms with E-state index in [-0.39, 0.29) is 24.5 Å². The van der Waals surface area contributed by atoms with Gasteiger partial charge in [0.15, 0.2) is 0 Å². The van der Waals surface area contributed by atoms with E-state index in [0.29, 0.717) is 18.2 Å². The standard InChI is InChI=1S/C20H21N5O3S/c1-13-21-22-20(28-13)15-5-2-8-24(15)12-19(26)25-16(17-6-3-9-27-17)11-14(23-25)18-7-4-10-29-18/h3-4,6-7,9-10,15-16H,2,5,8,11-12H2,1H3/t15-,16+/m1/s1. The highest BCUT2D eigenvalue weighted by Crippen LogP contribution is 2.35. The van der Waals surface area contributed by atoms with Crippen molar-refractivity contribution in [3.63, 3.8) is 0 Å². The fraction of sp³-hybridized carbons (Fsp3) is 0.400. The van der Waals surface area contributed by atoms with Crippen LogP contribution in [0.4, 0.5) is 0 Å². The van der Waals surface area contributed by atoms with Gasteiger partial charge in [-0.15, -0.1) is 21.5 Å². The maximum Gasteiger partial charge on any atom is 0.257 e. The van der Waals surface area contributed by atoms with Gasteiger partial charge < -0.3 is 8.83 Å². The van der Waals surface area contributed by atoms with E-state index in [1.54, 1.807) is 29.5 Å². The molecule has 2 atom stereocenters. The second-order valence-electron chi connectivity index (χ2n) is 7.29. The number of hydrazone groups is 1. The Labute approximate surface area is 171 Å². The second kappa shape index (κ2) is 7.57. The summed E-state index contributed by atoms with van der Waals surface area (Å²) < 4.78 is 11.2. The first kappa shape index (κ1) is 18.3. The Hall–Kier alpha value is -2.78. The van der Waals surface area contributed by atoms with Gasteiger partial charge in [0.25, 0.3) is 5.91 Å². The molecule has 3 aromatic rings. The first-order valence-electron chi connectivity index (χ1n) is 9.70. The smallest absolute Gasteiger partial charge is 0.257 e. The monoisotopic (exact) mass is 411 g/mol. The highest BCUT2D eigenvalue weighted by molar-refractivity contribution is 7.12. The maximum atomic E-state index is 13.3. The average molecular weight is 411 g/mol. The van der Waals surface area contributed by atoms with E-state index in [9.17, 15) is 4.79 Å². The number of rotatable bonds is 5. The lowest BCUT2D eigenvalue weighted by molar-refractivity contribution is -0.134. The average Bonchev–Trinajstić information content (AvgIpc) is 3.51. The molecule has 5 rings (SSSR count). The summed E-state index contributed by atoms with van der Waals surface area (Å²) in [7, 11) is 0. The zero-order valence-electron chi connectivity index (χ0n) is 16.0. The number of furan rings is 1. The lowest BCUT2D eigenvalue weighted by Gasteiger charge is -2.25. The predicted octanol–water partition coefficient (Wildman–Crippen LogP) is 3.55. The molecular weight excluding hydrogens is 390 g/mol. The SMILES string of the molecule is Cc1nnc([C@H]2CCCN2CC(=O)N2N=C(c3cccs3)C[C@H]2c2ccco2)o1. The summed E-state index contributed by atoms with van der Waals surface area (Å²) >= 11 is 1.63. The second-order valence-corrected chi connectivity index (χ2v) is 8.23. The molecule has 1 fully saturated rings. The molecule has 0 saturated carbocycles. The molecule has 3 aromatic heterocycles. The lowest BCUT2D eigenvalue weighted by atomic mass is 10.1. The molecular formula is C20H21N5O3S. The fourth-order valence-electron chi connectivity index (χ4n) is 4.02. The van der Waals surface area contributed by atoms with E-state index in [1.165, 1.54) is 0 Å². The van der Waals surface area contributed by atoms with Crippen molar-refractivity contribution >= 4 is 23.0 Å². The van der Waals surface area contributed by atoms with E-state index in [0.717, 1.165) is 35.7 Å². The topological polar surface area (TPSA) is 88.0 Å². The van der Waals surface area contributed by atoms with Gasteiger partial charge in [0, 0.05) is 13.3 Å². The molecule has 0 spiro atoms. The van der Waals surface area contributed by atoms with Gasteiger partial charge in [0.05, 0.1) is 29.4 Å². The Balaban J connectivity index is 1.37. The van der Waals surface area contributed by atoms with Crippen LogP contribution in [0.5, 0.6) is 0 Å². The molecule has 2 aliphatic rings. The minimum absolute atomic E-state index is 0.0226. The van der Waals surface area contributed by atoms with Crippen molar-refractivity contribution in [1.29, 1.82) is 0 Å². The highest BCUT2D eigenvalue weighted by Gasteiger charge is 2.38. The number of amides is 1. The number of nitrogens with zero attached hydrogens (tertiary/aromatic N) is 5. The third kappa shape index (κ3) is 3.51. The van der Waals surface area contributed by atoms with Crippen molar-refractivity contribution in [1.82, 2.24) is 20.1 Å². The summed E-state index contributed by atoms with van der Waals surface area (Å²) in [5.41, 5.74) is 0.917. The lowest BCUT2D eigenvalue weighted by Crippen LogP contribution is -2.38. The number of carbonyl (C=O) groups is 1. The van der Waals surface area contributed by atoms with Crippen LogP contribution in [0.3, 0.4) is 0 Å². The van der Waals surface area contributed by atoms with Gasteiger partial charge in [-0.05, 0) is 43.0 Å². The number of hydrogen-bond donors (Lipinski definition) is 0. The molecule has 150 valence electrons. The quantitative estimate of drug-likeness (QED) is 0.638. The Morgan fingerprint density at radius 2 is 2.21 bits per heavy atom. The Morgan fingerprint density at radius 3 is 2.93 bits per heavy atom. The molecule has 8 nitrogen and oxygen atoms in total. The van der Waals surface area contributed by atoms with E-state index in [4.69, 9.17) is 8.83 Å². The predicted molar refractivity (Wildman–Crippen MR) is 106 cm³/mol. The van der Waals surface area contributed by atoms with Gasteiger partial charge in [-0.1, -0.05) is 6.07 Å². The minimum Gasteiger partial charge on any atom is -0.467 e. The van der Waals surface area contributed by atoms with Gasteiger partial charge >= 0.3 is 0 Å². The molecule has 5 heterocycles. The Kier molecular flexibility index (Phi) is 4.76. The molecule has 9 heteroatoms. The first-order valence-corrected chi connectivity index (χ1v) is 10.6. The van der Waals surface area contributed by atoms with E-state index < -0.39 is 0 Å². The number of thiophene rings is 1. The number of likely N-dealkylation sites (tertiary alicyclic amines) is 1. The molecule has 0 aliphatic carbocycles. The van der Waals surface area contributed by atoms with Gasteiger partial charge in [-0.25, -0.2) is 5.01 Å². The Bertz CT molecular complexity index is 1010. The summed E-state index contributed by atoms with van der Waals surface area (Å²) in [4.78, 5) is 16.5. The van der Waals surface area contributed by atoms with Crippen LogP contribution < -0.4 is 0 Å². The molecule has 29 heavy (non-hydrogen) atoms. The molecule has 0 bridgehead atoms. The van der Waals surface area contributed by atoms with Crippen molar-refractivity contribution in [3.8, 4) is 0 Å². The minimum atomic E-state index is -0.221. The molecule has 1 amide bonds. The molecule has 0 radical (unpaired) electrons. The summed E-state index contributed by atoms with van der Waals surface area (Å²) in [5.74, 6) is 1.82. The van der Waals surface area contributed by atoms with Crippen LogP contribution in [0, 0.1) is 6.92 Å². The van der Waals surface area contributed by atoms with Crippen LogP contribution in [0.1, 0.15) is 53.8 Å². The van der Waals surface area contributed by atoms with Crippen molar-refractivity contribution in [2.24, 2.45) is 5.10 Å². The van der Waals surface area contributed by atoms with Crippen LogP contribution in [-0.2, 0) is 4.79 Å². The van der Waals surface area contributed by atoms with Gasteiger partial charge in [0.2, 0.25) is 11.8 Å². The third-order valence-electron chi connectivity index (χ3n) is 5.37. The van der Waals surface area contributed by atoms with Gasteiger partial charge in [-0.2, -0.15) is 5.10 Å². The summed E-state index contributed by atoms with van der Waals surface area (Å²) in [6, 6.07) is 7.53. The van der Waals surface area contributed by atoms with Crippen molar-refractivity contribution in [3.05, 3.63) is 58.3 Å². The number of aromatic nitrogens is 2. The zero-order valence-corrected chi connectivity index (χ0v) is 16.8. The van der Waals surface area contributed by atoms with Crippen molar-refractivity contribution in [2.75, 3.05) is 13.1 Å². The summed E-state index contributed by atoms with van der Waals surface area (Å²) in [6.45, 7) is 2.85. The molecule has 2 aliphatic heterocycles. The maximum absolute atomic E-state index is 13.3. The molecule has 0 N–H and O–H groups in total. The van der Waals surface area contributed by atoms with E-state index in [2.05, 4.69) is 20.2 Å². The number of aryl methyl sites for hydroxylation is 1. The first-order chi connectivity index (χ1) is 14.2. The van der Waals surface area contributed by atoms with Crippen molar-refractivity contribution < 1.29 is 13.6 Å². The third-order valence-corrected chi connectivity index (χ3v) is 6.29. The van der Waals surface area contributed by atoms with Crippen LogP contribution in [0.25, 0.3) is 0 Å². The van der Waals surface area contributed by atoms with E-state index in [1.807, 2.05) is 29.6 Å². The van der Waals surface area contributed by atoms with E-state index >= 15 is 0 Å². The van der Waals surface area contributed by atoms with Crippen LogP contribution >= 0.6 is 11.3 Å². The fourth-order valence-corrected chi connectivity index (χ4v) is 4.74. The molecule has 1 saturated heterocycles. The van der Waals surface area contributed by atoms with Crippen LogP contribution in [0.2, 0.25) is 0 Å². The Morgan fingerprint density at radius 1 is 1.28 bits per heavy atom. The highest BCUT2D eigenvalue weighted by atomic mass is 32.1. The van der Waals surface area contributed by atoms with Gasteiger partial charge in [-0.3, -0.25) is 9.69 Å². The number of carbonyl (C=O) groups excluding carboxylic acids is 1. The molecule has 0 aromatic carbocycles. The summed E-state index contributed by atoms with van der Waals surface area (Å²) in [6.07, 6.45) is 4.17. The normalized spacial score (nSPS) is 22.4. The van der Waals surface area contributed by atoms with Crippen molar-refractivity contribution in [2.45, 2.75) is 38.3 Å². The zero-order chi connectivity index (χ0) is 19.8.